The Morgan fingerprint density at radius 3 is 2.47 bits per heavy atom. The lowest BCUT2D eigenvalue weighted by atomic mass is 10.1. The minimum atomic E-state index is -0.402. The van der Waals surface area contributed by atoms with Crippen molar-refractivity contribution in [2.24, 2.45) is 7.05 Å². The van der Waals surface area contributed by atoms with Crippen LogP contribution in [0.4, 0.5) is 0 Å². The highest BCUT2D eigenvalue weighted by Crippen LogP contribution is 2.21. The van der Waals surface area contributed by atoms with Gasteiger partial charge in [-0.25, -0.2) is 0 Å². The van der Waals surface area contributed by atoms with Crippen LogP contribution in [0.25, 0.3) is 0 Å². The first kappa shape index (κ1) is 14.7. The van der Waals surface area contributed by atoms with E-state index < -0.39 is 6.10 Å². The number of halogens is 1. The normalized spacial score (nSPS) is 14.1. The zero-order valence-corrected chi connectivity index (χ0v) is 12.8. The fourth-order valence-corrected chi connectivity index (χ4v) is 2.12. The summed E-state index contributed by atoms with van der Waals surface area (Å²) in [5.41, 5.74) is 2.02. The predicted molar refractivity (Wildman–Crippen MR) is 73.1 cm³/mol. The number of nitrogens with zero attached hydrogens (tertiary/aromatic N) is 2. The summed E-state index contributed by atoms with van der Waals surface area (Å²) in [6.07, 6.45) is 0.196. The van der Waals surface area contributed by atoms with Crippen LogP contribution in [0.1, 0.15) is 32.2 Å². The number of aliphatic hydroxyl groups excluding tert-OH is 1. The lowest BCUT2D eigenvalue weighted by Crippen LogP contribution is -2.41. The summed E-state index contributed by atoms with van der Waals surface area (Å²) >= 11 is 3.51. The first-order valence-corrected chi connectivity index (χ1v) is 6.61. The van der Waals surface area contributed by atoms with E-state index in [1.54, 1.807) is 0 Å². The minimum Gasteiger partial charge on any atom is -0.391 e. The molecule has 98 valence electrons. The second-order valence-corrected chi connectivity index (χ2v) is 6.25. The lowest BCUT2D eigenvalue weighted by molar-refractivity contribution is 0.158. The standard InChI is InChI=1S/C12H22BrN3O/c1-8-11(13)10(16(5)15-8)6-9(17)7-14-12(2,3)4/h9,14,17H,6-7H2,1-5H3. The molecule has 1 aromatic rings. The Morgan fingerprint density at radius 2 is 2.06 bits per heavy atom. The number of rotatable bonds is 4. The van der Waals surface area contributed by atoms with Gasteiger partial charge in [-0.3, -0.25) is 4.68 Å². The van der Waals surface area contributed by atoms with Crippen molar-refractivity contribution >= 4 is 15.9 Å². The summed E-state index contributed by atoms with van der Waals surface area (Å²) < 4.78 is 2.81. The first-order chi connectivity index (χ1) is 7.70. The third-order valence-corrected chi connectivity index (χ3v) is 3.59. The average Bonchev–Trinajstić information content (AvgIpc) is 2.41. The Balaban J connectivity index is 2.59. The first-order valence-electron chi connectivity index (χ1n) is 5.82. The summed E-state index contributed by atoms with van der Waals surface area (Å²) in [5.74, 6) is 0. The van der Waals surface area contributed by atoms with Gasteiger partial charge in [-0.05, 0) is 43.6 Å². The molecule has 0 aliphatic rings. The van der Waals surface area contributed by atoms with Gasteiger partial charge < -0.3 is 10.4 Å². The molecular weight excluding hydrogens is 282 g/mol. The van der Waals surface area contributed by atoms with Crippen molar-refractivity contribution in [3.63, 3.8) is 0 Å². The molecular formula is C12H22BrN3O. The number of aliphatic hydroxyl groups is 1. The van der Waals surface area contributed by atoms with Gasteiger partial charge in [0, 0.05) is 25.6 Å². The average molecular weight is 304 g/mol. The lowest BCUT2D eigenvalue weighted by Gasteiger charge is -2.23. The number of β-amino-alcohol motifs (C(OH)–C–C–N with tert-alkyl or cyclic N) is 1. The summed E-state index contributed by atoms with van der Waals surface area (Å²) in [4.78, 5) is 0. The molecule has 0 saturated heterocycles. The van der Waals surface area contributed by atoms with Gasteiger partial charge in [0.1, 0.15) is 0 Å². The summed E-state index contributed by atoms with van der Waals surface area (Å²) in [7, 11) is 1.90. The quantitative estimate of drug-likeness (QED) is 0.891. The fraction of sp³-hybridized carbons (Fsp3) is 0.750. The SMILES string of the molecule is Cc1nn(C)c(CC(O)CNC(C)(C)C)c1Br. The highest BCUT2D eigenvalue weighted by Gasteiger charge is 2.17. The van der Waals surface area contributed by atoms with Gasteiger partial charge in [0.2, 0.25) is 0 Å². The van der Waals surface area contributed by atoms with Crippen LogP contribution in [-0.2, 0) is 13.5 Å². The van der Waals surface area contributed by atoms with Crippen molar-refractivity contribution in [2.45, 2.75) is 45.8 Å². The Bertz CT molecular complexity index is 382. The zero-order valence-electron chi connectivity index (χ0n) is 11.2. The molecule has 4 nitrogen and oxygen atoms in total. The Labute approximate surface area is 112 Å². The summed E-state index contributed by atoms with van der Waals surface area (Å²) in [6, 6.07) is 0. The molecule has 0 fully saturated rings. The molecule has 0 spiro atoms. The van der Waals surface area contributed by atoms with Gasteiger partial charge in [-0.15, -0.1) is 0 Å². The molecule has 1 heterocycles. The van der Waals surface area contributed by atoms with Crippen LogP contribution in [-0.4, -0.2) is 33.1 Å². The Hall–Kier alpha value is -0.390. The van der Waals surface area contributed by atoms with Gasteiger partial charge in [0.25, 0.3) is 0 Å². The molecule has 1 rings (SSSR count). The van der Waals surface area contributed by atoms with E-state index in [-0.39, 0.29) is 5.54 Å². The number of hydrogen-bond acceptors (Lipinski definition) is 3. The largest absolute Gasteiger partial charge is 0.391 e. The van der Waals surface area contributed by atoms with E-state index in [1.807, 2.05) is 18.7 Å². The smallest absolute Gasteiger partial charge is 0.0738 e. The number of nitrogens with one attached hydrogen (secondary N) is 1. The van der Waals surface area contributed by atoms with Gasteiger partial charge in [0.15, 0.2) is 0 Å². The van der Waals surface area contributed by atoms with Crippen LogP contribution < -0.4 is 5.32 Å². The van der Waals surface area contributed by atoms with Crippen molar-refractivity contribution in [1.82, 2.24) is 15.1 Å². The van der Waals surface area contributed by atoms with Gasteiger partial charge in [-0.2, -0.15) is 5.10 Å². The molecule has 1 atom stereocenters. The number of aromatic nitrogens is 2. The van der Waals surface area contributed by atoms with Crippen LogP contribution in [0.3, 0.4) is 0 Å². The van der Waals surface area contributed by atoms with E-state index in [1.165, 1.54) is 0 Å². The third-order valence-electron chi connectivity index (χ3n) is 2.56. The minimum absolute atomic E-state index is 0.0284. The number of aryl methyl sites for hydroxylation is 2. The van der Waals surface area contributed by atoms with Crippen molar-refractivity contribution in [2.75, 3.05) is 6.54 Å². The second-order valence-electron chi connectivity index (χ2n) is 5.46. The monoisotopic (exact) mass is 303 g/mol. The third kappa shape index (κ3) is 4.41. The van der Waals surface area contributed by atoms with Crippen molar-refractivity contribution in [3.05, 3.63) is 15.9 Å². The molecule has 0 aliphatic heterocycles. The Morgan fingerprint density at radius 1 is 1.47 bits per heavy atom. The molecule has 0 bridgehead atoms. The van der Waals surface area contributed by atoms with Crippen molar-refractivity contribution in [1.29, 1.82) is 0 Å². The highest BCUT2D eigenvalue weighted by atomic mass is 79.9. The van der Waals surface area contributed by atoms with E-state index >= 15 is 0 Å². The zero-order chi connectivity index (χ0) is 13.2. The van der Waals surface area contributed by atoms with Gasteiger partial charge in [0.05, 0.1) is 22.0 Å². The molecule has 17 heavy (non-hydrogen) atoms. The molecule has 0 saturated carbocycles. The molecule has 5 heteroatoms. The topological polar surface area (TPSA) is 50.1 Å². The maximum absolute atomic E-state index is 10.00. The van der Waals surface area contributed by atoms with Gasteiger partial charge in [-0.1, -0.05) is 0 Å². The molecule has 1 unspecified atom stereocenters. The summed E-state index contributed by atoms with van der Waals surface area (Å²) in [6.45, 7) is 8.80. The van der Waals surface area contributed by atoms with E-state index in [0.717, 1.165) is 15.9 Å². The van der Waals surface area contributed by atoms with Crippen LogP contribution >= 0.6 is 15.9 Å². The predicted octanol–water partition coefficient (Wildman–Crippen LogP) is 1.78. The highest BCUT2D eigenvalue weighted by molar-refractivity contribution is 9.10. The van der Waals surface area contributed by atoms with Crippen molar-refractivity contribution < 1.29 is 5.11 Å². The van der Waals surface area contributed by atoms with Crippen LogP contribution in [0, 0.1) is 6.92 Å². The van der Waals surface area contributed by atoms with Gasteiger partial charge >= 0.3 is 0 Å². The fourth-order valence-electron chi connectivity index (χ4n) is 1.62. The molecule has 1 aromatic heterocycles. The molecule has 0 amide bonds. The summed E-state index contributed by atoms with van der Waals surface area (Å²) in [5, 5.41) is 17.6. The van der Waals surface area contributed by atoms with E-state index in [2.05, 4.69) is 47.1 Å². The van der Waals surface area contributed by atoms with E-state index in [4.69, 9.17) is 0 Å². The molecule has 2 N–H and O–H groups in total. The van der Waals surface area contributed by atoms with Crippen LogP contribution in [0.2, 0.25) is 0 Å². The van der Waals surface area contributed by atoms with E-state index in [9.17, 15) is 5.11 Å². The maximum Gasteiger partial charge on any atom is 0.0738 e. The molecule has 0 aliphatic carbocycles. The second kappa shape index (κ2) is 5.50. The maximum atomic E-state index is 10.00. The Kier molecular flexibility index (Phi) is 4.75. The molecule has 0 radical (unpaired) electrons. The van der Waals surface area contributed by atoms with Crippen LogP contribution in [0.5, 0.6) is 0 Å². The van der Waals surface area contributed by atoms with Crippen molar-refractivity contribution in [3.8, 4) is 0 Å². The molecule has 0 aromatic carbocycles. The van der Waals surface area contributed by atoms with Crippen LogP contribution in [0.15, 0.2) is 4.47 Å². The van der Waals surface area contributed by atoms with E-state index in [0.29, 0.717) is 13.0 Å². The number of hydrogen-bond donors (Lipinski definition) is 2.